The van der Waals surface area contributed by atoms with Crippen LogP contribution in [-0.2, 0) is 0 Å². The molecule has 1 aromatic carbocycles. The van der Waals surface area contributed by atoms with Crippen LogP contribution in [0.5, 0.6) is 0 Å². The number of aliphatic hydroxyl groups is 1. The van der Waals surface area contributed by atoms with Crippen LogP contribution in [0, 0.1) is 5.82 Å². The molecule has 0 aliphatic rings. The lowest BCUT2D eigenvalue weighted by molar-refractivity contribution is 0.158. The van der Waals surface area contributed by atoms with Gasteiger partial charge in [0.05, 0.1) is 6.10 Å². The predicted octanol–water partition coefficient (Wildman–Crippen LogP) is 6.15. The third-order valence-electron chi connectivity index (χ3n) is 3.65. The number of hydrogen-bond acceptors (Lipinski definition) is 1. The van der Waals surface area contributed by atoms with Gasteiger partial charge in [0.15, 0.2) is 0 Å². The van der Waals surface area contributed by atoms with E-state index in [1.807, 2.05) is 0 Å². The molecule has 0 aliphatic heterocycles. The zero-order valence-corrected chi connectivity index (χ0v) is 14.0. The van der Waals surface area contributed by atoms with Crippen LogP contribution in [0.25, 0.3) is 0 Å². The van der Waals surface area contributed by atoms with E-state index < -0.39 is 6.10 Å². The van der Waals surface area contributed by atoms with Gasteiger partial charge in [0.1, 0.15) is 5.82 Å². The minimum Gasteiger partial charge on any atom is -0.388 e. The Balaban J connectivity index is 2.17. The van der Waals surface area contributed by atoms with Crippen LogP contribution in [0.1, 0.15) is 76.4 Å². The standard InChI is InChI=1S/C17H26BrFO/c1-2-3-4-5-6-7-8-9-10-17(20)15-13-14(18)11-12-16(15)19/h11-13,17,20H,2-10H2,1H3. The fourth-order valence-corrected chi connectivity index (χ4v) is 2.78. The first-order chi connectivity index (χ1) is 9.65. The summed E-state index contributed by atoms with van der Waals surface area (Å²) in [5.41, 5.74) is 0.405. The molecule has 1 N–H and O–H groups in total. The molecule has 1 nitrogen and oxygen atoms in total. The fourth-order valence-electron chi connectivity index (χ4n) is 2.40. The largest absolute Gasteiger partial charge is 0.388 e. The number of rotatable bonds is 10. The van der Waals surface area contributed by atoms with Gasteiger partial charge in [0.2, 0.25) is 0 Å². The molecule has 1 atom stereocenters. The fraction of sp³-hybridized carbons (Fsp3) is 0.647. The van der Waals surface area contributed by atoms with E-state index in [-0.39, 0.29) is 5.82 Å². The maximum Gasteiger partial charge on any atom is 0.129 e. The SMILES string of the molecule is CCCCCCCCCCC(O)c1cc(Br)ccc1F. The molecule has 0 aliphatic carbocycles. The van der Waals surface area contributed by atoms with Gasteiger partial charge >= 0.3 is 0 Å². The summed E-state index contributed by atoms with van der Waals surface area (Å²) in [5.74, 6) is -0.319. The highest BCUT2D eigenvalue weighted by Crippen LogP contribution is 2.25. The van der Waals surface area contributed by atoms with E-state index in [0.29, 0.717) is 12.0 Å². The minimum absolute atomic E-state index is 0.319. The first-order valence-electron chi connectivity index (χ1n) is 7.78. The van der Waals surface area contributed by atoms with Gasteiger partial charge < -0.3 is 5.11 Å². The van der Waals surface area contributed by atoms with Crippen molar-refractivity contribution in [3.05, 3.63) is 34.1 Å². The molecule has 0 saturated carbocycles. The molecular formula is C17H26BrFO. The molecule has 1 rings (SSSR count). The first-order valence-corrected chi connectivity index (χ1v) is 8.57. The summed E-state index contributed by atoms with van der Waals surface area (Å²) >= 11 is 3.31. The summed E-state index contributed by atoms with van der Waals surface area (Å²) in [6, 6.07) is 4.73. The molecule has 0 bridgehead atoms. The molecule has 0 radical (unpaired) electrons. The molecule has 3 heteroatoms. The van der Waals surface area contributed by atoms with E-state index in [4.69, 9.17) is 0 Å². The van der Waals surface area contributed by atoms with Crippen molar-refractivity contribution in [1.29, 1.82) is 0 Å². The molecule has 0 fully saturated rings. The second-order valence-electron chi connectivity index (χ2n) is 5.45. The Morgan fingerprint density at radius 2 is 1.65 bits per heavy atom. The van der Waals surface area contributed by atoms with E-state index in [9.17, 15) is 9.50 Å². The molecular weight excluding hydrogens is 319 g/mol. The Kier molecular flexibility index (Phi) is 9.12. The van der Waals surface area contributed by atoms with Crippen molar-refractivity contribution in [2.45, 2.75) is 70.8 Å². The van der Waals surface area contributed by atoms with Crippen molar-refractivity contribution in [1.82, 2.24) is 0 Å². The molecule has 0 spiro atoms. The first kappa shape index (κ1) is 17.6. The molecule has 1 unspecified atom stereocenters. The minimum atomic E-state index is -0.687. The second-order valence-corrected chi connectivity index (χ2v) is 6.36. The lowest BCUT2D eigenvalue weighted by Crippen LogP contribution is -2.00. The Bertz CT molecular complexity index is 381. The molecule has 0 heterocycles. The monoisotopic (exact) mass is 344 g/mol. The van der Waals surface area contributed by atoms with Gasteiger partial charge in [-0.15, -0.1) is 0 Å². The van der Waals surface area contributed by atoms with Crippen molar-refractivity contribution in [2.24, 2.45) is 0 Å². The maximum atomic E-state index is 13.6. The van der Waals surface area contributed by atoms with E-state index in [1.165, 1.54) is 44.6 Å². The van der Waals surface area contributed by atoms with Crippen LogP contribution in [-0.4, -0.2) is 5.11 Å². The lowest BCUT2D eigenvalue weighted by atomic mass is 10.0. The van der Waals surface area contributed by atoms with Crippen LogP contribution in [0.2, 0.25) is 0 Å². The van der Waals surface area contributed by atoms with Crippen molar-refractivity contribution < 1.29 is 9.50 Å². The highest BCUT2D eigenvalue weighted by Gasteiger charge is 2.12. The summed E-state index contributed by atoms with van der Waals surface area (Å²) in [4.78, 5) is 0. The smallest absolute Gasteiger partial charge is 0.129 e. The molecule has 20 heavy (non-hydrogen) atoms. The third kappa shape index (κ3) is 6.85. The lowest BCUT2D eigenvalue weighted by Gasteiger charge is -2.12. The van der Waals surface area contributed by atoms with Gasteiger partial charge in [-0.25, -0.2) is 4.39 Å². The number of hydrogen-bond donors (Lipinski definition) is 1. The zero-order valence-electron chi connectivity index (χ0n) is 12.4. The van der Waals surface area contributed by atoms with Crippen LogP contribution in [0.15, 0.2) is 22.7 Å². The number of aliphatic hydroxyl groups excluding tert-OH is 1. The van der Waals surface area contributed by atoms with E-state index in [0.717, 1.165) is 17.3 Å². The van der Waals surface area contributed by atoms with Gasteiger partial charge in [-0.2, -0.15) is 0 Å². The summed E-state index contributed by atoms with van der Waals surface area (Å²) in [5, 5.41) is 10.0. The van der Waals surface area contributed by atoms with Gasteiger partial charge in [0, 0.05) is 10.0 Å². The Labute approximate surface area is 130 Å². The molecule has 0 amide bonds. The second kappa shape index (κ2) is 10.3. The van der Waals surface area contributed by atoms with E-state index in [2.05, 4.69) is 22.9 Å². The quantitative estimate of drug-likeness (QED) is 0.504. The van der Waals surface area contributed by atoms with Gasteiger partial charge in [-0.05, 0) is 24.6 Å². The topological polar surface area (TPSA) is 20.2 Å². The summed E-state index contributed by atoms with van der Waals surface area (Å²) < 4.78 is 14.4. The molecule has 1 aromatic rings. The highest BCUT2D eigenvalue weighted by molar-refractivity contribution is 9.10. The summed E-state index contributed by atoms with van der Waals surface area (Å²) in [7, 11) is 0. The summed E-state index contributed by atoms with van der Waals surface area (Å²) in [6.07, 6.45) is 9.80. The summed E-state index contributed by atoms with van der Waals surface area (Å²) in [6.45, 7) is 2.22. The highest BCUT2D eigenvalue weighted by atomic mass is 79.9. The van der Waals surface area contributed by atoms with Gasteiger partial charge in [0.25, 0.3) is 0 Å². The van der Waals surface area contributed by atoms with Crippen molar-refractivity contribution in [3.63, 3.8) is 0 Å². The van der Waals surface area contributed by atoms with E-state index >= 15 is 0 Å². The third-order valence-corrected chi connectivity index (χ3v) is 4.14. The number of halogens is 2. The van der Waals surface area contributed by atoms with Crippen LogP contribution in [0.4, 0.5) is 4.39 Å². The van der Waals surface area contributed by atoms with Crippen LogP contribution < -0.4 is 0 Å². The average Bonchev–Trinajstić information content (AvgIpc) is 2.44. The predicted molar refractivity (Wildman–Crippen MR) is 86.3 cm³/mol. The number of unbranched alkanes of at least 4 members (excludes halogenated alkanes) is 7. The van der Waals surface area contributed by atoms with Crippen LogP contribution in [0.3, 0.4) is 0 Å². The zero-order chi connectivity index (χ0) is 14.8. The molecule has 114 valence electrons. The van der Waals surface area contributed by atoms with Gasteiger partial charge in [-0.1, -0.05) is 74.2 Å². The number of benzene rings is 1. The van der Waals surface area contributed by atoms with Gasteiger partial charge in [-0.3, -0.25) is 0 Å². The Morgan fingerprint density at radius 1 is 1.05 bits per heavy atom. The average molecular weight is 345 g/mol. The van der Waals surface area contributed by atoms with Crippen molar-refractivity contribution in [2.75, 3.05) is 0 Å². The van der Waals surface area contributed by atoms with E-state index in [1.54, 1.807) is 12.1 Å². The maximum absolute atomic E-state index is 13.6. The van der Waals surface area contributed by atoms with Crippen LogP contribution >= 0.6 is 15.9 Å². The van der Waals surface area contributed by atoms with Crippen molar-refractivity contribution in [3.8, 4) is 0 Å². The normalized spacial score (nSPS) is 12.6. The Hall–Kier alpha value is -0.410. The van der Waals surface area contributed by atoms with Crippen molar-refractivity contribution >= 4 is 15.9 Å². The Morgan fingerprint density at radius 3 is 2.30 bits per heavy atom. The molecule has 0 saturated heterocycles. The molecule has 0 aromatic heterocycles.